The summed E-state index contributed by atoms with van der Waals surface area (Å²) < 4.78 is 2.89. The Hall–Kier alpha value is -0.840. The van der Waals surface area contributed by atoms with Crippen molar-refractivity contribution in [2.75, 3.05) is 0 Å². The lowest BCUT2D eigenvalue weighted by Gasteiger charge is -2.24. The Bertz CT molecular complexity index is 605. The molecule has 0 radical (unpaired) electrons. The van der Waals surface area contributed by atoms with Gasteiger partial charge in [-0.1, -0.05) is 23.7 Å². The van der Waals surface area contributed by atoms with Gasteiger partial charge in [-0.3, -0.25) is 4.68 Å². The van der Waals surface area contributed by atoms with Crippen LogP contribution in [0.3, 0.4) is 0 Å². The third kappa shape index (κ3) is 3.08. The van der Waals surface area contributed by atoms with Crippen molar-refractivity contribution in [1.29, 1.82) is 0 Å². The van der Waals surface area contributed by atoms with Crippen LogP contribution in [-0.4, -0.2) is 14.9 Å². The maximum Gasteiger partial charge on any atom is 0.0924 e. The fourth-order valence-electron chi connectivity index (χ4n) is 2.27. The van der Waals surface area contributed by atoms with Crippen LogP contribution in [0.2, 0.25) is 5.02 Å². The zero-order valence-electron chi connectivity index (χ0n) is 11.8. The second-order valence-corrected chi connectivity index (χ2v) is 6.35. The Morgan fingerprint density at radius 1 is 1.35 bits per heavy atom. The van der Waals surface area contributed by atoms with Gasteiger partial charge in [0.1, 0.15) is 0 Å². The van der Waals surface area contributed by atoms with Crippen LogP contribution in [0.25, 0.3) is 0 Å². The fourth-order valence-corrected chi connectivity index (χ4v) is 2.83. The zero-order valence-corrected chi connectivity index (χ0v) is 14.2. The van der Waals surface area contributed by atoms with Gasteiger partial charge in [0.2, 0.25) is 0 Å². The van der Waals surface area contributed by atoms with Crippen LogP contribution in [0.1, 0.15) is 30.8 Å². The maximum atomic E-state index is 10.8. The van der Waals surface area contributed by atoms with Gasteiger partial charge in [-0.15, -0.1) is 0 Å². The summed E-state index contributed by atoms with van der Waals surface area (Å²) in [5.41, 5.74) is 1.82. The average Bonchev–Trinajstić information content (AvgIpc) is 2.66. The van der Waals surface area contributed by atoms with Gasteiger partial charge >= 0.3 is 0 Å². The third-order valence-electron chi connectivity index (χ3n) is 3.43. The summed E-state index contributed by atoms with van der Waals surface area (Å²) >= 11 is 9.46. The van der Waals surface area contributed by atoms with Crippen molar-refractivity contribution in [3.8, 4) is 0 Å². The molecule has 0 aliphatic rings. The smallest absolute Gasteiger partial charge is 0.0924 e. The second kappa shape index (κ2) is 5.88. The van der Waals surface area contributed by atoms with Gasteiger partial charge in [0.25, 0.3) is 0 Å². The SMILES string of the molecule is CCn1nc(C)c(Br)c1CC(C)(O)c1ccc(Cl)cc1. The molecular weight excluding hydrogens is 340 g/mol. The van der Waals surface area contributed by atoms with Crippen molar-refractivity contribution in [2.45, 2.75) is 39.3 Å². The lowest BCUT2D eigenvalue weighted by Crippen LogP contribution is -2.26. The van der Waals surface area contributed by atoms with E-state index in [0.29, 0.717) is 11.4 Å². The molecule has 1 aromatic carbocycles. The quantitative estimate of drug-likeness (QED) is 0.895. The standard InChI is InChI=1S/C15H18BrClN2O/c1-4-19-13(14(16)10(2)18-19)9-15(3,20)11-5-7-12(17)8-6-11/h5-8,20H,4,9H2,1-3H3. The minimum Gasteiger partial charge on any atom is -0.385 e. The van der Waals surface area contributed by atoms with E-state index in [2.05, 4.69) is 21.0 Å². The van der Waals surface area contributed by atoms with Gasteiger partial charge in [0.05, 0.1) is 21.5 Å². The summed E-state index contributed by atoms with van der Waals surface area (Å²) in [6, 6.07) is 7.30. The summed E-state index contributed by atoms with van der Waals surface area (Å²) in [5.74, 6) is 0. The number of hydrogen-bond acceptors (Lipinski definition) is 2. The molecule has 2 rings (SSSR count). The van der Waals surface area contributed by atoms with E-state index in [1.54, 1.807) is 12.1 Å². The number of aryl methyl sites for hydroxylation is 2. The lowest BCUT2D eigenvalue weighted by molar-refractivity contribution is 0.0552. The van der Waals surface area contributed by atoms with E-state index < -0.39 is 5.60 Å². The van der Waals surface area contributed by atoms with E-state index in [1.807, 2.05) is 37.6 Å². The molecule has 5 heteroatoms. The molecule has 0 bridgehead atoms. The minimum atomic E-state index is -0.966. The van der Waals surface area contributed by atoms with Crippen LogP contribution in [0.15, 0.2) is 28.7 Å². The monoisotopic (exact) mass is 356 g/mol. The summed E-state index contributed by atoms with van der Waals surface area (Å²) in [7, 11) is 0. The molecule has 0 aliphatic heterocycles. The molecule has 1 atom stereocenters. The lowest BCUT2D eigenvalue weighted by atomic mass is 9.91. The zero-order chi connectivity index (χ0) is 14.9. The fraction of sp³-hybridized carbons (Fsp3) is 0.400. The molecule has 0 aliphatic carbocycles. The summed E-state index contributed by atoms with van der Waals surface area (Å²) in [4.78, 5) is 0. The van der Waals surface area contributed by atoms with E-state index in [4.69, 9.17) is 11.6 Å². The highest BCUT2D eigenvalue weighted by molar-refractivity contribution is 9.10. The Balaban J connectivity index is 2.35. The number of rotatable bonds is 4. The first-order valence-electron chi connectivity index (χ1n) is 6.55. The first kappa shape index (κ1) is 15.5. The molecule has 20 heavy (non-hydrogen) atoms. The van der Waals surface area contributed by atoms with Crippen LogP contribution in [0, 0.1) is 6.92 Å². The number of aliphatic hydroxyl groups is 1. The molecule has 0 saturated carbocycles. The van der Waals surface area contributed by atoms with Crippen molar-refractivity contribution in [2.24, 2.45) is 0 Å². The number of benzene rings is 1. The highest BCUT2D eigenvalue weighted by atomic mass is 79.9. The number of halogens is 2. The van der Waals surface area contributed by atoms with E-state index in [0.717, 1.165) is 28.0 Å². The van der Waals surface area contributed by atoms with Crippen molar-refractivity contribution in [3.63, 3.8) is 0 Å². The largest absolute Gasteiger partial charge is 0.385 e. The first-order chi connectivity index (χ1) is 9.35. The van der Waals surface area contributed by atoms with Gasteiger partial charge in [0, 0.05) is 18.0 Å². The maximum absolute atomic E-state index is 10.8. The molecule has 0 fully saturated rings. The molecule has 0 spiro atoms. The predicted octanol–water partition coefficient (Wildman–Crippen LogP) is 4.08. The van der Waals surface area contributed by atoms with Gasteiger partial charge < -0.3 is 5.11 Å². The second-order valence-electron chi connectivity index (χ2n) is 5.12. The van der Waals surface area contributed by atoms with E-state index in [-0.39, 0.29) is 0 Å². The van der Waals surface area contributed by atoms with Gasteiger partial charge in [-0.2, -0.15) is 5.10 Å². The van der Waals surface area contributed by atoms with Gasteiger partial charge in [0.15, 0.2) is 0 Å². The van der Waals surface area contributed by atoms with Crippen molar-refractivity contribution < 1.29 is 5.11 Å². The Morgan fingerprint density at radius 3 is 2.50 bits per heavy atom. The Morgan fingerprint density at radius 2 is 1.95 bits per heavy atom. The van der Waals surface area contributed by atoms with E-state index in [1.165, 1.54) is 0 Å². The van der Waals surface area contributed by atoms with Crippen LogP contribution in [0.4, 0.5) is 0 Å². The number of nitrogens with zero attached hydrogens (tertiary/aromatic N) is 2. The van der Waals surface area contributed by atoms with Crippen molar-refractivity contribution >= 4 is 27.5 Å². The molecule has 1 aromatic heterocycles. The van der Waals surface area contributed by atoms with Gasteiger partial charge in [-0.05, 0) is 54.4 Å². The van der Waals surface area contributed by atoms with Crippen molar-refractivity contribution in [3.05, 3.63) is 50.7 Å². The predicted molar refractivity (Wildman–Crippen MR) is 85.1 cm³/mol. The topological polar surface area (TPSA) is 38.0 Å². The highest BCUT2D eigenvalue weighted by Crippen LogP contribution is 2.31. The van der Waals surface area contributed by atoms with Crippen LogP contribution in [0.5, 0.6) is 0 Å². The third-order valence-corrected chi connectivity index (χ3v) is 4.71. The molecule has 3 nitrogen and oxygen atoms in total. The number of hydrogen-bond donors (Lipinski definition) is 1. The molecule has 1 heterocycles. The first-order valence-corrected chi connectivity index (χ1v) is 7.72. The summed E-state index contributed by atoms with van der Waals surface area (Å²) in [5, 5.41) is 15.9. The molecule has 1 N–H and O–H groups in total. The van der Waals surface area contributed by atoms with Crippen LogP contribution < -0.4 is 0 Å². The summed E-state index contributed by atoms with van der Waals surface area (Å²) in [6.07, 6.45) is 0.490. The summed E-state index contributed by atoms with van der Waals surface area (Å²) in [6.45, 7) is 6.58. The molecule has 0 amide bonds. The molecule has 108 valence electrons. The molecular formula is C15H18BrClN2O. The van der Waals surface area contributed by atoms with E-state index in [9.17, 15) is 5.11 Å². The highest BCUT2D eigenvalue weighted by Gasteiger charge is 2.27. The molecule has 1 unspecified atom stereocenters. The normalized spacial score (nSPS) is 14.3. The molecule has 0 saturated heterocycles. The van der Waals surface area contributed by atoms with Gasteiger partial charge in [-0.25, -0.2) is 0 Å². The van der Waals surface area contributed by atoms with Crippen molar-refractivity contribution in [1.82, 2.24) is 9.78 Å². The average molecular weight is 358 g/mol. The van der Waals surface area contributed by atoms with Crippen LogP contribution >= 0.6 is 27.5 Å². The Kier molecular flexibility index (Phi) is 4.57. The van der Waals surface area contributed by atoms with E-state index >= 15 is 0 Å². The minimum absolute atomic E-state index is 0.490. The molecule has 2 aromatic rings. The number of aromatic nitrogens is 2. The Labute approximate surface area is 132 Å². The van der Waals surface area contributed by atoms with Crippen LogP contribution in [-0.2, 0) is 18.6 Å².